The SMILES string of the molecule is c1cc(C2CC2)ccc1CNCC1CSCCS1. The minimum Gasteiger partial charge on any atom is -0.312 e. The first-order chi connectivity index (χ1) is 8.92. The lowest BCUT2D eigenvalue weighted by atomic mass is 10.1. The summed E-state index contributed by atoms with van der Waals surface area (Å²) in [6.07, 6.45) is 2.79. The maximum absolute atomic E-state index is 3.60. The zero-order valence-electron chi connectivity index (χ0n) is 10.7. The van der Waals surface area contributed by atoms with Crippen LogP contribution >= 0.6 is 23.5 Å². The first-order valence-electron chi connectivity index (χ1n) is 6.91. The van der Waals surface area contributed by atoms with Gasteiger partial charge in [-0.2, -0.15) is 23.5 Å². The summed E-state index contributed by atoms with van der Waals surface area (Å²) < 4.78 is 0. The molecule has 1 aromatic carbocycles. The predicted octanol–water partition coefficient (Wildman–Crippen LogP) is 3.50. The molecule has 3 rings (SSSR count). The molecule has 2 fully saturated rings. The molecule has 0 radical (unpaired) electrons. The molecule has 1 nitrogen and oxygen atoms in total. The monoisotopic (exact) mass is 279 g/mol. The van der Waals surface area contributed by atoms with Gasteiger partial charge in [-0.3, -0.25) is 0 Å². The third-order valence-corrected chi connectivity index (χ3v) is 6.46. The molecule has 1 saturated carbocycles. The Morgan fingerprint density at radius 2 is 1.94 bits per heavy atom. The molecule has 3 heteroatoms. The molecular weight excluding hydrogens is 258 g/mol. The summed E-state index contributed by atoms with van der Waals surface area (Å²) in [5.74, 6) is 4.86. The highest BCUT2D eigenvalue weighted by atomic mass is 32.2. The second kappa shape index (κ2) is 6.36. The Morgan fingerprint density at radius 3 is 2.61 bits per heavy atom. The Balaban J connectivity index is 1.41. The van der Waals surface area contributed by atoms with Gasteiger partial charge < -0.3 is 5.32 Å². The summed E-state index contributed by atoms with van der Waals surface area (Å²) in [6, 6.07) is 9.23. The van der Waals surface area contributed by atoms with E-state index in [1.807, 2.05) is 0 Å². The van der Waals surface area contributed by atoms with Crippen LogP contribution in [0.2, 0.25) is 0 Å². The summed E-state index contributed by atoms with van der Waals surface area (Å²) >= 11 is 4.23. The van der Waals surface area contributed by atoms with Crippen molar-refractivity contribution in [2.75, 3.05) is 23.8 Å². The number of hydrogen-bond donors (Lipinski definition) is 1. The van der Waals surface area contributed by atoms with E-state index in [1.54, 1.807) is 0 Å². The van der Waals surface area contributed by atoms with Crippen molar-refractivity contribution in [1.29, 1.82) is 0 Å². The standard InChI is InChI=1S/C15H21NS2/c1-3-13(14-5-6-14)4-2-12(1)9-16-10-15-11-17-7-8-18-15/h1-4,14-16H,5-11H2. The lowest BCUT2D eigenvalue weighted by molar-refractivity contribution is 0.686. The number of benzene rings is 1. The first kappa shape index (κ1) is 12.9. The Hall–Kier alpha value is -0.120. The molecule has 0 bridgehead atoms. The zero-order valence-corrected chi connectivity index (χ0v) is 12.4. The fraction of sp³-hybridized carbons (Fsp3) is 0.600. The number of nitrogens with one attached hydrogen (secondary N) is 1. The highest BCUT2D eigenvalue weighted by Gasteiger charge is 2.22. The highest BCUT2D eigenvalue weighted by Crippen LogP contribution is 2.39. The summed E-state index contributed by atoms with van der Waals surface area (Å²) in [5.41, 5.74) is 2.96. The molecule has 0 amide bonds. The van der Waals surface area contributed by atoms with Crippen molar-refractivity contribution in [3.05, 3.63) is 35.4 Å². The van der Waals surface area contributed by atoms with Crippen molar-refractivity contribution in [3.8, 4) is 0 Å². The van der Waals surface area contributed by atoms with Crippen molar-refractivity contribution >= 4 is 23.5 Å². The molecule has 1 aromatic rings. The lowest BCUT2D eigenvalue weighted by Crippen LogP contribution is -2.28. The topological polar surface area (TPSA) is 12.0 Å². The Bertz CT molecular complexity index is 367. The molecule has 18 heavy (non-hydrogen) atoms. The van der Waals surface area contributed by atoms with Crippen LogP contribution in [0.1, 0.15) is 29.9 Å². The van der Waals surface area contributed by atoms with Gasteiger partial charge >= 0.3 is 0 Å². The van der Waals surface area contributed by atoms with E-state index >= 15 is 0 Å². The average molecular weight is 279 g/mol. The third kappa shape index (κ3) is 3.69. The van der Waals surface area contributed by atoms with E-state index in [2.05, 4.69) is 53.1 Å². The van der Waals surface area contributed by atoms with Crippen LogP contribution in [0.15, 0.2) is 24.3 Å². The Morgan fingerprint density at radius 1 is 1.11 bits per heavy atom. The Kier molecular flexibility index (Phi) is 4.55. The molecular formula is C15H21NS2. The molecule has 1 heterocycles. The van der Waals surface area contributed by atoms with Gasteiger partial charge in [-0.15, -0.1) is 0 Å². The van der Waals surface area contributed by atoms with Gasteiger partial charge in [0.25, 0.3) is 0 Å². The normalized spacial score (nSPS) is 24.1. The van der Waals surface area contributed by atoms with Crippen molar-refractivity contribution < 1.29 is 0 Å². The predicted molar refractivity (Wildman–Crippen MR) is 83.7 cm³/mol. The van der Waals surface area contributed by atoms with E-state index in [0.29, 0.717) is 0 Å². The van der Waals surface area contributed by atoms with Gasteiger partial charge in [0.15, 0.2) is 0 Å². The van der Waals surface area contributed by atoms with Gasteiger partial charge in [-0.1, -0.05) is 24.3 Å². The molecule has 1 atom stereocenters. The van der Waals surface area contributed by atoms with Gasteiger partial charge in [-0.25, -0.2) is 0 Å². The van der Waals surface area contributed by atoms with Crippen molar-refractivity contribution in [1.82, 2.24) is 5.32 Å². The van der Waals surface area contributed by atoms with Crippen LogP contribution in [0, 0.1) is 0 Å². The molecule has 0 spiro atoms. The number of rotatable bonds is 5. The Labute approximate surface area is 119 Å². The van der Waals surface area contributed by atoms with Gasteiger partial charge in [0, 0.05) is 35.6 Å². The maximum Gasteiger partial charge on any atom is 0.0263 e. The molecule has 98 valence electrons. The van der Waals surface area contributed by atoms with Gasteiger partial charge in [0.05, 0.1) is 0 Å². The van der Waals surface area contributed by atoms with Crippen molar-refractivity contribution in [2.45, 2.75) is 30.6 Å². The minimum absolute atomic E-state index is 0.814. The first-order valence-corrected chi connectivity index (χ1v) is 9.11. The van der Waals surface area contributed by atoms with E-state index in [0.717, 1.165) is 24.3 Å². The van der Waals surface area contributed by atoms with E-state index in [1.165, 1.54) is 41.2 Å². The van der Waals surface area contributed by atoms with Crippen LogP contribution < -0.4 is 5.32 Å². The number of hydrogen-bond acceptors (Lipinski definition) is 3. The van der Waals surface area contributed by atoms with Crippen LogP contribution in [-0.4, -0.2) is 29.1 Å². The summed E-state index contributed by atoms with van der Waals surface area (Å²) in [6.45, 7) is 2.18. The zero-order chi connectivity index (χ0) is 12.2. The van der Waals surface area contributed by atoms with Crippen molar-refractivity contribution in [3.63, 3.8) is 0 Å². The van der Waals surface area contributed by atoms with Crippen LogP contribution in [0.4, 0.5) is 0 Å². The summed E-state index contributed by atoms with van der Waals surface area (Å²) in [5, 5.41) is 4.42. The lowest BCUT2D eigenvalue weighted by Gasteiger charge is -2.21. The quantitative estimate of drug-likeness (QED) is 0.886. The van der Waals surface area contributed by atoms with Gasteiger partial charge in [-0.05, 0) is 29.9 Å². The molecule has 2 aliphatic rings. The van der Waals surface area contributed by atoms with Gasteiger partial charge in [0.2, 0.25) is 0 Å². The van der Waals surface area contributed by atoms with Crippen molar-refractivity contribution in [2.24, 2.45) is 0 Å². The smallest absolute Gasteiger partial charge is 0.0263 e. The van der Waals surface area contributed by atoms with Gasteiger partial charge in [0.1, 0.15) is 0 Å². The van der Waals surface area contributed by atoms with Crippen LogP contribution in [-0.2, 0) is 6.54 Å². The molecule has 0 aromatic heterocycles. The second-order valence-corrected chi connectivity index (χ2v) is 7.77. The molecule has 1 saturated heterocycles. The largest absolute Gasteiger partial charge is 0.312 e. The van der Waals surface area contributed by atoms with E-state index < -0.39 is 0 Å². The maximum atomic E-state index is 3.60. The molecule has 1 aliphatic heterocycles. The molecule has 1 aliphatic carbocycles. The average Bonchev–Trinajstić information content (AvgIpc) is 3.25. The summed E-state index contributed by atoms with van der Waals surface area (Å²) in [7, 11) is 0. The fourth-order valence-electron chi connectivity index (χ4n) is 2.36. The van der Waals surface area contributed by atoms with Crippen LogP contribution in [0.25, 0.3) is 0 Å². The third-order valence-electron chi connectivity index (χ3n) is 3.61. The summed E-state index contributed by atoms with van der Waals surface area (Å²) in [4.78, 5) is 0. The highest BCUT2D eigenvalue weighted by molar-refractivity contribution is 8.06. The van der Waals surface area contributed by atoms with Crippen LogP contribution in [0.3, 0.4) is 0 Å². The number of thioether (sulfide) groups is 2. The van der Waals surface area contributed by atoms with E-state index in [4.69, 9.17) is 0 Å². The van der Waals surface area contributed by atoms with Crippen LogP contribution in [0.5, 0.6) is 0 Å². The molecule has 1 N–H and O–H groups in total. The minimum atomic E-state index is 0.814. The molecule has 1 unspecified atom stereocenters. The second-order valence-electron chi connectivity index (χ2n) is 5.21. The van der Waals surface area contributed by atoms with E-state index in [-0.39, 0.29) is 0 Å². The fourth-order valence-corrected chi connectivity index (χ4v) is 5.00. The van der Waals surface area contributed by atoms with E-state index in [9.17, 15) is 0 Å².